The fraction of sp³-hybridized carbons (Fsp3) is 0.571. The number of hydrogen-bond donors (Lipinski definition) is 0. The zero-order valence-corrected chi connectivity index (χ0v) is 12.6. The van der Waals surface area contributed by atoms with Gasteiger partial charge in [0.1, 0.15) is 12.4 Å². The molecule has 0 radical (unpaired) electrons. The number of sulfone groups is 1. The predicted octanol–water partition coefficient (Wildman–Crippen LogP) is 2.90. The number of ether oxygens (including phenoxy) is 1. The Bertz CT molecular complexity index is 490. The van der Waals surface area contributed by atoms with Crippen molar-refractivity contribution in [2.45, 2.75) is 39.4 Å². The van der Waals surface area contributed by atoms with Crippen LogP contribution >= 0.6 is 0 Å². The smallest absolute Gasteiger partial charge is 0.158 e. The Morgan fingerprint density at radius 1 is 1.11 bits per heavy atom. The zero-order chi connectivity index (χ0) is 14.0. The summed E-state index contributed by atoms with van der Waals surface area (Å²) >= 11 is 0. The van der Waals surface area contributed by atoms with Crippen molar-refractivity contribution in [3.63, 3.8) is 0 Å². The molecule has 102 valence electrons. The molecule has 0 saturated heterocycles. The number of benzene rings is 1. The van der Waals surface area contributed by atoms with E-state index in [1.807, 2.05) is 32.0 Å². The van der Waals surface area contributed by atoms with Crippen molar-refractivity contribution in [2.75, 3.05) is 12.4 Å². The summed E-state index contributed by atoms with van der Waals surface area (Å²) in [6.07, 6.45) is 0. The summed E-state index contributed by atoms with van der Waals surface area (Å²) in [5.41, 5.74) is 2.06. The number of aryl methyl sites for hydroxylation is 2. The summed E-state index contributed by atoms with van der Waals surface area (Å²) in [7, 11) is -3.12. The molecule has 0 N–H and O–H groups in total. The van der Waals surface area contributed by atoms with Crippen molar-refractivity contribution in [3.05, 3.63) is 29.3 Å². The van der Waals surface area contributed by atoms with Crippen LogP contribution in [0.15, 0.2) is 18.2 Å². The Labute approximate surface area is 110 Å². The van der Waals surface area contributed by atoms with Crippen LogP contribution in [0.3, 0.4) is 0 Å². The highest BCUT2D eigenvalue weighted by atomic mass is 32.2. The molecule has 1 aromatic rings. The highest BCUT2D eigenvalue weighted by Crippen LogP contribution is 2.23. The molecule has 0 heterocycles. The van der Waals surface area contributed by atoms with Gasteiger partial charge in [0.15, 0.2) is 9.84 Å². The lowest BCUT2D eigenvalue weighted by molar-refractivity contribution is 0.335. The quantitative estimate of drug-likeness (QED) is 0.845. The Balaban J connectivity index is 2.69. The second-order valence-corrected chi connectivity index (χ2v) is 8.36. The fourth-order valence-electron chi connectivity index (χ4n) is 1.59. The number of hydrogen-bond acceptors (Lipinski definition) is 3. The molecule has 0 spiro atoms. The Hall–Kier alpha value is -1.03. The molecule has 0 aliphatic rings. The standard InChI is InChI=1S/C14H22O3S/c1-11-7-6-8-12(2)13(11)17-9-10-18(15,16)14(3,4)5/h6-8H,9-10H2,1-5H3. The van der Waals surface area contributed by atoms with Crippen LogP contribution in [-0.2, 0) is 9.84 Å². The van der Waals surface area contributed by atoms with E-state index in [0.717, 1.165) is 16.9 Å². The molecule has 0 aliphatic heterocycles. The van der Waals surface area contributed by atoms with E-state index in [4.69, 9.17) is 4.74 Å². The first-order valence-electron chi connectivity index (χ1n) is 6.06. The van der Waals surface area contributed by atoms with Crippen LogP contribution in [0.5, 0.6) is 5.75 Å². The molecular formula is C14H22O3S. The summed E-state index contributed by atoms with van der Waals surface area (Å²) < 4.78 is 28.8. The van der Waals surface area contributed by atoms with E-state index < -0.39 is 14.6 Å². The molecule has 0 atom stereocenters. The molecule has 0 fully saturated rings. The molecule has 1 rings (SSSR count). The third kappa shape index (κ3) is 3.48. The predicted molar refractivity (Wildman–Crippen MR) is 75.0 cm³/mol. The summed E-state index contributed by atoms with van der Waals surface area (Å²) in [6.45, 7) is 9.25. The van der Waals surface area contributed by atoms with Crippen molar-refractivity contribution in [1.29, 1.82) is 0 Å². The molecule has 3 nitrogen and oxygen atoms in total. The Morgan fingerprint density at radius 2 is 1.61 bits per heavy atom. The third-order valence-corrected chi connectivity index (χ3v) is 5.51. The van der Waals surface area contributed by atoms with Crippen LogP contribution < -0.4 is 4.74 Å². The minimum absolute atomic E-state index is 0.0459. The van der Waals surface area contributed by atoms with Gasteiger partial charge in [-0.3, -0.25) is 0 Å². The lowest BCUT2D eigenvalue weighted by atomic mass is 10.1. The van der Waals surface area contributed by atoms with E-state index >= 15 is 0 Å². The van der Waals surface area contributed by atoms with E-state index in [1.165, 1.54) is 0 Å². The highest BCUT2D eigenvalue weighted by molar-refractivity contribution is 7.92. The average Bonchev–Trinajstić information content (AvgIpc) is 2.20. The molecule has 0 bridgehead atoms. The maximum absolute atomic E-state index is 11.9. The van der Waals surface area contributed by atoms with Crippen molar-refractivity contribution >= 4 is 9.84 Å². The van der Waals surface area contributed by atoms with E-state index in [1.54, 1.807) is 20.8 Å². The summed E-state index contributed by atoms with van der Waals surface area (Å²) in [4.78, 5) is 0. The van der Waals surface area contributed by atoms with Crippen LogP contribution in [0.2, 0.25) is 0 Å². The molecule has 0 amide bonds. The SMILES string of the molecule is Cc1cccc(C)c1OCCS(=O)(=O)C(C)(C)C. The molecule has 0 aromatic heterocycles. The number of para-hydroxylation sites is 1. The van der Waals surface area contributed by atoms with E-state index in [0.29, 0.717) is 0 Å². The molecular weight excluding hydrogens is 248 g/mol. The molecule has 0 unspecified atom stereocenters. The molecule has 0 aliphatic carbocycles. The summed E-state index contributed by atoms with van der Waals surface area (Å²) in [5, 5.41) is 0. The van der Waals surface area contributed by atoms with Gasteiger partial charge in [-0.15, -0.1) is 0 Å². The molecule has 4 heteroatoms. The van der Waals surface area contributed by atoms with Gasteiger partial charge in [-0.2, -0.15) is 0 Å². The fourth-order valence-corrected chi connectivity index (χ4v) is 2.50. The highest BCUT2D eigenvalue weighted by Gasteiger charge is 2.28. The number of rotatable bonds is 4. The van der Waals surface area contributed by atoms with Gasteiger partial charge in [0.05, 0.1) is 10.5 Å². The first kappa shape index (κ1) is 15.0. The van der Waals surface area contributed by atoms with Crippen LogP contribution in [0.1, 0.15) is 31.9 Å². The topological polar surface area (TPSA) is 43.4 Å². The molecule has 18 heavy (non-hydrogen) atoms. The van der Waals surface area contributed by atoms with Crippen molar-refractivity contribution < 1.29 is 13.2 Å². The molecule has 0 saturated carbocycles. The van der Waals surface area contributed by atoms with Crippen molar-refractivity contribution in [3.8, 4) is 5.75 Å². The van der Waals surface area contributed by atoms with Crippen LogP contribution in [-0.4, -0.2) is 25.5 Å². The van der Waals surface area contributed by atoms with E-state index in [9.17, 15) is 8.42 Å². The van der Waals surface area contributed by atoms with Gasteiger partial charge in [-0.1, -0.05) is 18.2 Å². The largest absolute Gasteiger partial charge is 0.492 e. The minimum Gasteiger partial charge on any atom is -0.492 e. The van der Waals surface area contributed by atoms with Gasteiger partial charge >= 0.3 is 0 Å². The van der Waals surface area contributed by atoms with Gasteiger partial charge in [0.2, 0.25) is 0 Å². The van der Waals surface area contributed by atoms with Gasteiger partial charge in [-0.25, -0.2) is 8.42 Å². The van der Waals surface area contributed by atoms with E-state index in [-0.39, 0.29) is 12.4 Å². The van der Waals surface area contributed by atoms with Gasteiger partial charge in [0, 0.05) is 0 Å². The van der Waals surface area contributed by atoms with Gasteiger partial charge in [0.25, 0.3) is 0 Å². The summed E-state index contributed by atoms with van der Waals surface area (Å²) in [5.74, 6) is 0.839. The summed E-state index contributed by atoms with van der Waals surface area (Å²) in [6, 6.07) is 5.88. The second kappa shape index (κ2) is 5.31. The Kier molecular flexibility index (Phi) is 4.43. The van der Waals surface area contributed by atoms with Crippen LogP contribution in [0.25, 0.3) is 0 Å². The Morgan fingerprint density at radius 3 is 2.06 bits per heavy atom. The van der Waals surface area contributed by atoms with Gasteiger partial charge in [-0.05, 0) is 45.7 Å². The lowest BCUT2D eigenvalue weighted by Crippen LogP contribution is -2.32. The zero-order valence-electron chi connectivity index (χ0n) is 11.8. The second-order valence-electron chi connectivity index (χ2n) is 5.50. The van der Waals surface area contributed by atoms with Crippen molar-refractivity contribution in [1.82, 2.24) is 0 Å². The normalized spacial score (nSPS) is 12.5. The minimum atomic E-state index is -3.12. The monoisotopic (exact) mass is 270 g/mol. The van der Waals surface area contributed by atoms with Crippen LogP contribution in [0.4, 0.5) is 0 Å². The first-order valence-corrected chi connectivity index (χ1v) is 7.72. The first-order chi connectivity index (χ1) is 8.15. The van der Waals surface area contributed by atoms with Crippen LogP contribution in [0, 0.1) is 13.8 Å². The van der Waals surface area contributed by atoms with Gasteiger partial charge < -0.3 is 4.74 Å². The lowest BCUT2D eigenvalue weighted by Gasteiger charge is -2.19. The maximum atomic E-state index is 11.9. The average molecular weight is 270 g/mol. The van der Waals surface area contributed by atoms with Crippen molar-refractivity contribution in [2.24, 2.45) is 0 Å². The van der Waals surface area contributed by atoms with E-state index in [2.05, 4.69) is 0 Å². The maximum Gasteiger partial charge on any atom is 0.158 e. The molecule has 1 aromatic carbocycles. The third-order valence-electron chi connectivity index (χ3n) is 2.94.